The number of ether oxygens (including phenoxy) is 1. The van der Waals surface area contributed by atoms with Gasteiger partial charge in [0.15, 0.2) is 5.69 Å². The molecule has 7 heteroatoms. The summed E-state index contributed by atoms with van der Waals surface area (Å²) in [5, 5.41) is 10.5. The number of rotatable bonds is 2. The summed E-state index contributed by atoms with van der Waals surface area (Å²) in [7, 11) is 1.24. The van der Waals surface area contributed by atoms with Gasteiger partial charge in [0.05, 0.1) is 18.2 Å². The molecule has 0 aliphatic rings. The van der Waals surface area contributed by atoms with Crippen LogP contribution < -0.4 is 0 Å². The average Bonchev–Trinajstić information content (AvgIpc) is 2.70. The van der Waals surface area contributed by atoms with E-state index in [4.69, 9.17) is 0 Å². The van der Waals surface area contributed by atoms with Gasteiger partial charge in [0, 0.05) is 12.3 Å². The number of nitro groups is 1. The second-order valence-electron chi connectivity index (χ2n) is 3.03. The third kappa shape index (κ3) is 1.58. The summed E-state index contributed by atoms with van der Waals surface area (Å²) in [6.45, 7) is 0. The molecule has 0 unspecified atom stereocenters. The molecule has 0 aromatic carbocycles. The third-order valence-electron chi connectivity index (χ3n) is 2.04. The van der Waals surface area contributed by atoms with Crippen molar-refractivity contribution in [1.82, 2.24) is 9.38 Å². The van der Waals surface area contributed by atoms with Crippen LogP contribution in [-0.2, 0) is 4.74 Å². The molecule has 2 heterocycles. The van der Waals surface area contributed by atoms with E-state index in [0.29, 0.717) is 5.65 Å². The second-order valence-corrected chi connectivity index (χ2v) is 3.03. The van der Waals surface area contributed by atoms with Gasteiger partial charge in [-0.1, -0.05) is 0 Å². The Bertz CT molecular complexity index is 575. The lowest BCUT2D eigenvalue weighted by molar-refractivity contribution is -0.385. The van der Waals surface area contributed by atoms with E-state index in [1.807, 2.05) is 0 Å². The van der Waals surface area contributed by atoms with Gasteiger partial charge < -0.3 is 4.74 Å². The van der Waals surface area contributed by atoms with Crippen molar-refractivity contribution in [2.24, 2.45) is 0 Å². The summed E-state index contributed by atoms with van der Waals surface area (Å²) in [4.78, 5) is 25.1. The number of carbonyl (C=O) groups excluding carboxylic acids is 1. The first-order valence-corrected chi connectivity index (χ1v) is 4.33. The topological polar surface area (TPSA) is 86.7 Å². The fourth-order valence-corrected chi connectivity index (χ4v) is 1.29. The van der Waals surface area contributed by atoms with E-state index >= 15 is 0 Å². The monoisotopic (exact) mass is 221 g/mol. The zero-order chi connectivity index (χ0) is 11.7. The molecule has 2 aromatic rings. The van der Waals surface area contributed by atoms with E-state index in [1.54, 1.807) is 0 Å². The molecule has 7 nitrogen and oxygen atoms in total. The molecule has 0 amide bonds. The van der Waals surface area contributed by atoms with Crippen LogP contribution in [-0.4, -0.2) is 27.4 Å². The van der Waals surface area contributed by atoms with Crippen LogP contribution in [0.5, 0.6) is 0 Å². The molecule has 2 rings (SSSR count). The molecule has 82 valence electrons. The Morgan fingerprint density at radius 2 is 2.25 bits per heavy atom. The maximum Gasteiger partial charge on any atom is 0.358 e. The van der Waals surface area contributed by atoms with Crippen molar-refractivity contribution in [2.45, 2.75) is 0 Å². The minimum Gasteiger partial charge on any atom is -0.464 e. The normalized spacial score (nSPS) is 10.3. The number of hydrogen-bond acceptors (Lipinski definition) is 5. The fourth-order valence-electron chi connectivity index (χ4n) is 1.29. The SMILES string of the molecule is COC(=O)c1cn2cc([N+](=O)[O-])ccc2n1. The molecule has 0 fully saturated rings. The van der Waals surface area contributed by atoms with Gasteiger partial charge in [-0.05, 0) is 6.07 Å². The number of pyridine rings is 1. The quantitative estimate of drug-likeness (QED) is 0.429. The Balaban J connectivity index is 2.54. The van der Waals surface area contributed by atoms with E-state index in [1.165, 1.54) is 36.0 Å². The van der Waals surface area contributed by atoms with Gasteiger partial charge in [-0.2, -0.15) is 0 Å². The molecule has 0 aliphatic carbocycles. The summed E-state index contributed by atoms with van der Waals surface area (Å²) >= 11 is 0. The predicted octanol–water partition coefficient (Wildman–Crippen LogP) is 1.03. The van der Waals surface area contributed by atoms with Gasteiger partial charge in [-0.3, -0.25) is 14.5 Å². The maximum absolute atomic E-state index is 11.2. The van der Waals surface area contributed by atoms with Crippen molar-refractivity contribution in [2.75, 3.05) is 7.11 Å². The molecule has 0 bridgehead atoms. The first-order chi connectivity index (χ1) is 7.61. The first-order valence-electron chi connectivity index (χ1n) is 4.33. The maximum atomic E-state index is 11.2. The number of esters is 1. The van der Waals surface area contributed by atoms with Gasteiger partial charge in [0.25, 0.3) is 5.69 Å². The van der Waals surface area contributed by atoms with Crippen molar-refractivity contribution < 1.29 is 14.5 Å². The molecule has 16 heavy (non-hydrogen) atoms. The molecule has 0 aliphatic heterocycles. The van der Waals surface area contributed by atoms with Crippen LogP contribution in [0.25, 0.3) is 5.65 Å². The van der Waals surface area contributed by atoms with Crippen molar-refractivity contribution in [3.63, 3.8) is 0 Å². The number of hydrogen-bond donors (Lipinski definition) is 0. The fraction of sp³-hybridized carbons (Fsp3) is 0.111. The summed E-state index contributed by atoms with van der Waals surface area (Å²) < 4.78 is 5.90. The van der Waals surface area contributed by atoms with E-state index in [-0.39, 0.29) is 11.4 Å². The smallest absolute Gasteiger partial charge is 0.358 e. The minimum atomic E-state index is -0.577. The Kier molecular flexibility index (Phi) is 2.28. The summed E-state index contributed by atoms with van der Waals surface area (Å²) in [6, 6.07) is 2.79. The molecule has 0 atom stereocenters. The van der Waals surface area contributed by atoms with Crippen LogP contribution in [0.1, 0.15) is 10.5 Å². The van der Waals surface area contributed by atoms with Crippen LogP contribution in [0.15, 0.2) is 24.5 Å². The summed E-state index contributed by atoms with van der Waals surface area (Å²) in [6.07, 6.45) is 2.67. The van der Waals surface area contributed by atoms with Crippen LogP contribution in [0.4, 0.5) is 5.69 Å². The van der Waals surface area contributed by atoms with E-state index in [0.717, 1.165) is 0 Å². The minimum absolute atomic E-state index is 0.0682. The number of fused-ring (bicyclic) bond motifs is 1. The highest BCUT2D eigenvalue weighted by molar-refractivity contribution is 5.87. The van der Waals surface area contributed by atoms with Crippen molar-refractivity contribution in [3.8, 4) is 0 Å². The van der Waals surface area contributed by atoms with Gasteiger partial charge >= 0.3 is 5.97 Å². The van der Waals surface area contributed by atoms with Crippen LogP contribution >= 0.6 is 0 Å². The molecule has 0 N–H and O–H groups in total. The van der Waals surface area contributed by atoms with E-state index in [2.05, 4.69) is 9.72 Å². The highest BCUT2D eigenvalue weighted by Crippen LogP contribution is 2.13. The van der Waals surface area contributed by atoms with Gasteiger partial charge in [0.2, 0.25) is 0 Å². The standard InChI is InChI=1S/C9H7N3O4/c1-16-9(13)7-5-11-4-6(12(14)15)2-3-8(11)10-7/h2-5H,1H3. The third-order valence-corrected chi connectivity index (χ3v) is 2.04. The highest BCUT2D eigenvalue weighted by atomic mass is 16.6. The van der Waals surface area contributed by atoms with Crippen LogP contribution in [0.3, 0.4) is 0 Å². The summed E-state index contributed by atoms with van der Waals surface area (Å²) in [5.41, 5.74) is 0.496. The highest BCUT2D eigenvalue weighted by Gasteiger charge is 2.12. The lowest BCUT2D eigenvalue weighted by atomic mass is 10.4. The number of carbonyl (C=O) groups is 1. The largest absolute Gasteiger partial charge is 0.464 e. The number of methoxy groups -OCH3 is 1. The Hall–Kier alpha value is -2.44. The number of imidazole rings is 1. The van der Waals surface area contributed by atoms with Crippen LogP contribution in [0, 0.1) is 10.1 Å². The molecule has 0 spiro atoms. The van der Waals surface area contributed by atoms with Gasteiger partial charge in [-0.15, -0.1) is 0 Å². The lowest BCUT2D eigenvalue weighted by Crippen LogP contribution is -2.00. The average molecular weight is 221 g/mol. The van der Waals surface area contributed by atoms with Crippen molar-refractivity contribution >= 4 is 17.3 Å². The van der Waals surface area contributed by atoms with E-state index < -0.39 is 10.9 Å². The van der Waals surface area contributed by atoms with Gasteiger partial charge in [0.1, 0.15) is 5.65 Å². The molecule has 2 aromatic heterocycles. The van der Waals surface area contributed by atoms with Crippen LogP contribution in [0.2, 0.25) is 0 Å². The molecular formula is C9H7N3O4. The predicted molar refractivity (Wildman–Crippen MR) is 53.2 cm³/mol. The Labute approximate surface area is 89.4 Å². The molecular weight excluding hydrogens is 214 g/mol. The summed E-state index contributed by atoms with van der Waals surface area (Å²) in [5.74, 6) is -0.577. The van der Waals surface area contributed by atoms with Crippen molar-refractivity contribution in [1.29, 1.82) is 0 Å². The Morgan fingerprint density at radius 3 is 2.88 bits per heavy atom. The Morgan fingerprint density at radius 1 is 1.50 bits per heavy atom. The lowest BCUT2D eigenvalue weighted by Gasteiger charge is -1.92. The number of nitrogens with zero attached hydrogens (tertiary/aromatic N) is 3. The molecule has 0 saturated carbocycles. The first kappa shape index (κ1) is 10.1. The zero-order valence-electron chi connectivity index (χ0n) is 8.28. The molecule has 0 radical (unpaired) electrons. The molecule has 0 saturated heterocycles. The van der Waals surface area contributed by atoms with E-state index in [9.17, 15) is 14.9 Å². The van der Waals surface area contributed by atoms with Gasteiger partial charge in [-0.25, -0.2) is 9.78 Å². The second kappa shape index (κ2) is 3.61. The number of aromatic nitrogens is 2. The van der Waals surface area contributed by atoms with Crippen molar-refractivity contribution in [3.05, 3.63) is 40.3 Å². The zero-order valence-corrected chi connectivity index (χ0v) is 8.28.